The van der Waals surface area contributed by atoms with Crippen LogP contribution in [0.25, 0.3) is 0 Å². The van der Waals surface area contributed by atoms with Crippen molar-refractivity contribution in [2.24, 2.45) is 0 Å². The highest BCUT2D eigenvalue weighted by atomic mass is 79.9. The molecule has 0 fully saturated rings. The molecule has 0 unspecified atom stereocenters. The highest BCUT2D eigenvalue weighted by Gasteiger charge is 2.22. The van der Waals surface area contributed by atoms with Gasteiger partial charge in [-0.15, -0.1) is 11.3 Å². The van der Waals surface area contributed by atoms with Crippen molar-refractivity contribution in [2.45, 2.75) is 11.8 Å². The van der Waals surface area contributed by atoms with Gasteiger partial charge in [0.2, 0.25) is 0 Å². The first kappa shape index (κ1) is 15.9. The van der Waals surface area contributed by atoms with E-state index in [2.05, 4.69) is 20.7 Å². The molecule has 1 aromatic heterocycles. The molecule has 2 N–H and O–H groups in total. The predicted octanol–water partition coefficient (Wildman–Crippen LogP) is 3.46. The van der Waals surface area contributed by atoms with Crippen LogP contribution in [0.2, 0.25) is 0 Å². The van der Waals surface area contributed by atoms with Crippen LogP contribution in [0.1, 0.15) is 15.2 Å². The van der Waals surface area contributed by atoms with E-state index in [0.717, 1.165) is 17.4 Å². The summed E-state index contributed by atoms with van der Waals surface area (Å²) in [6.07, 6.45) is 0. The molecule has 5 nitrogen and oxygen atoms in total. The van der Waals surface area contributed by atoms with Crippen LogP contribution >= 0.6 is 27.3 Å². The van der Waals surface area contributed by atoms with Gasteiger partial charge in [0, 0.05) is 0 Å². The number of aryl methyl sites for hydroxylation is 1. The van der Waals surface area contributed by atoms with Gasteiger partial charge in [-0.3, -0.25) is 4.72 Å². The lowest BCUT2D eigenvalue weighted by Crippen LogP contribution is -2.15. The molecule has 0 aliphatic rings. The third kappa shape index (κ3) is 3.25. The Labute approximate surface area is 132 Å². The average Bonchev–Trinajstić information content (AvgIpc) is 2.74. The third-order valence-corrected chi connectivity index (χ3v) is 5.68. The third-order valence-electron chi connectivity index (χ3n) is 2.61. The van der Waals surface area contributed by atoms with Crippen LogP contribution in [0.5, 0.6) is 0 Å². The molecular formula is C12H9BrFNO4S2. The maximum absolute atomic E-state index is 13.4. The summed E-state index contributed by atoms with van der Waals surface area (Å²) in [7, 11) is -4.07. The van der Waals surface area contributed by atoms with Crippen LogP contribution in [-0.4, -0.2) is 19.5 Å². The normalized spacial score (nSPS) is 11.4. The van der Waals surface area contributed by atoms with Gasteiger partial charge in [-0.2, -0.15) is 0 Å². The van der Waals surface area contributed by atoms with Crippen molar-refractivity contribution in [3.63, 3.8) is 0 Å². The minimum Gasteiger partial charge on any atom is -0.477 e. The van der Waals surface area contributed by atoms with E-state index in [0.29, 0.717) is 5.56 Å². The fourth-order valence-corrected chi connectivity index (χ4v) is 3.88. The lowest BCUT2D eigenvalue weighted by Gasteiger charge is -2.09. The summed E-state index contributed by atoms with van der Waals surface area (Å²) in [5.74, 6) is -1.95. The van der Waals surface area contributed by atoms with E-state index in [1.165, 1.54) is 17.5 Å². The molecule has 1 aromatic carbocycles. The zero-order valence-corrected chi connectivity index (χ0v) is 13.8. The zero-order valence-electron chi connectivity index (χ0n) is 10.6. The number of aromatic carboxylic acids is 1. The molecule has 0 radical (unpaired) electrons. The SMILES string of the molecule is Cc1csc(C(=O)O)c1NS(=O)(=O)c1ccc(Br)c(F)c1. The molecule has 2 rings (SSSR count). The number of hydrogen-bond acceptors (Lipinski definition) is 4. The monoisotopic (exact) mass is 393 g/mol. The first-order valence-electron chi connectivity index (χ1n) is 5.51. The summed E-state index contributed by atoms with van der Waals surface area (Å²) >= 11 is 3.85. The van der Waals surface area contributed by atoms with Crippen molar-refractivity contribution in [1.29, 1.82) is 0 Å². The Morgan fingerprint density at radius 2 is 2.10 bits per heavy atom. The van der Waals surface area contributed by atoms with Gasteiger partial charge in [-0.1, -0.05) is 0 Å². The number of thiophene rings is 1. The maximum Gasteiger partial charge on any atom is 0.348 e. The second-order valence-electron chi connectivity index (χ2n) is 4.11. The summed E-state index contributed by atoms with van der Waals surface area (Å²) in [5, 5.41) is 10.6. The summed E-state index contributed by atoms with van der Waals surface area (Å²) in [6, 6.07) is 3.34. The van der Waals surface area contributed by atoms with Gasteiger partial charge in [0.15, 0.2) is 0 Å². The van der Waals surface area contributed by atoms with Crippen LogP contribution < -0.4 is 4.72 Å². The fourth-order valence-electron chi connectivity index (χ4n) is 1.57. The zero-order chi connectivity index (χ0) is 15.8. The molecular weight excluding hydrogens is 385 g/mol. The topological polar surface area (TPSA) is 83.5 Å². The van der Waals surface area contributed by atoms with Gasteiger partial charge < -0.3 is 5.11 Å². The van der Waals surface area contributed by atoms with Crippen LogP contribution in [0.3, 0.4) is 0 Å². The number of rotatable bonds is 4. The van der Waals surface area contributed by atoms with E-state index in [1.807, 2.05) is 0 Å². The largest absolute Gasteiger partial charge is 0.477 e. The van der Waals surface area contributed by atoms with Gasteiger partial charge in [0.25, 0.3) is 10.0 Å². The highest BCUT2D eigenvalue weighted by molar-refractivity contribution is 9.10. The van der Waals surface area contributed by atoms with Crippen molar-refractivity contribution in [3.05, 3.63) is 44.3 Å². The molecule has 0 spiro atoms. The molecule has 1 heterocycles. The minimum atomic E-state index is -4.07. The van der Waals surface area contributed by atoms with Gasteiger partial charge in [-0.25, -0.2) is 17.6 Å². The van der Waals surface area contributed by atoms with Crippen molar-refractivity contribution in [1.82, 2.24) is 0 Å². The van der Waals surface area contributed by atoms with E-state index in [9.17, 15) is 17.6 Å². The quantitative estimate of drug-likeness (QED) is 0.832. The Kier molecular flexibility index (Phi) is 4.35. The summed E-state index contributed by atoms with van der Waals surface area (Å²) in [5.41, 5.74) is 0.481. The first-order chi connectivity index (χ1) is 9.72. The smallest absolute Gasteiger partial charge is 0.348 e. The van der Waals surface area contributed by atoms with Gasteiger partial charge in [0.1, 0.15) is 10.7 Å². The highest BCUT2D eigenvalue weighted by Crippen LogP contribution is 2.30. The Balaban J connectivity index is 2.44. The van der Waals surface area contributed by atoms with Crippen LogP contribution in [0.15, 0.2) is 32.9 Å². The standard InChI is InChI=1S/C12H9BrFNO4S2/c1-6-5-20-11(12(16)17)10(6)15-21(18,19)7-2-3-8(13)9(14)4-7/h2-5,15H,1H3,(H,16,17). The molecule has 21 heavy (non-hydrogen) atoms. The number of nitrogens with one attached hydrogen (secondary N) is 1. The van der Waals surface area contributed by atoms with Crippen molar-refractivity contribution in [2.75, 3.05) is 4.72 Å². The van der Waals surface area contributed by atoms with Crippen molar-refractivity contribution < 1.29 is 22.7 Å². The fraction of sp³-hybridized carbons (Fsp3) is 0.0833. The van der Waals surface area contributed by atoms with E-state index >= 15 is 0 Å². The Hall–Kier alpha value is -1.45. The number of benzene rings is 1. The van der Waals surface area contributed by atoms with E-state index < -0.39 is 21.8 Å². The number of carboxylic acids is 1. The number of carboxylic acid groups (broad SMARTS) is 1. The number of sulfonamides is 1. The van der Waals surface area contributed by atoms with E-state index in [1.54, 1.807) is 6.92 Å². The average molecular weight is 394 g/mol. The Morgan fingerprint density at radius 1 is 1.43 bits per heavy atom. The van der Waals surface area contributed by atoms with Crippen molar-refractivity contribution >= 4 is 48.9 Å². The lowest BCUT2D eigenvalue weighted by atomic mass is 10.3. The lowest BCUT2D eigenvalue weighted by molar-refractivity contribution is 0.0703. The summed E-state index contributed by atoms with van der Waals surface area (Å²) < 4.78 is 40.2. The molecule has 0 bridgehead atoms. The second kappa shape index (κ2) is 5.74. The minimum absolute atomic E-state index is 0.00386. The van der Waals surface area contributed by atoms with Crippen LogP contribution in [0.4, 0.5) is 10.1 Å². The molecule has 0 atom stereocenters. The van der Waals surface area contributed by atoms with Gasteiger partial charge >= 0.3 is 5.97 Å². The van der Waals surface area contributed by atoms with Crippen LogP contribution in [-0.2, 0) is 10.0 Å². The molecule has 0 saturated heterocycles. The summed E-state index contributed by atoms with van der Waals surface area (Å²) in [6.45, 7) is 1.59. The maximum atomic E-state index is 13.4. The Bertz CT molecular complexity index is 817. The van der Waals surface area contributed by atoms with Gasteiger partial charge in [0.05, 0.1) is 15.1 Å². The number of anilines is 1. The van der Waals surface area contributed by atoms with Crippen LogP contribution in [0, 0.1) is 12.7 Å². The number of carbonyl (C=O) groups is 1. The number of halogens is 2. The molecule has 9 heteroatoms. The molecule has 0 amide bonds. The van der Waals surface area contributed by atoms with Gasteiger partial charge in [-0.05, 0) is 52.0 Å². The molecule has 112 valence electrons. The number of hydrogen-bond donors (Lipinski definition) is 2. The van der Waals surface area contributed by atoms with E-state index in [-0.39, 0.29) is 19.9 Å². The second-order valence-corrected chi connectivity index (χ2v) is 7.53. The predicted molar refractivity (Wildman–Crippen MR) is 80.9 cm³/mol. The molecule has 0 saturated carbocycles. The molecule has 2 aromatic rings. The molecule has 0 aliphatic carbocycles. The Morgan fingerprint density at radius 3 is 2.67 bits per heavy atom. The van der Waals surface area contributed by atoms with E-state index in [4.69, 9.17) is 5.11 Å². The summed E-state index contributed by atoms with van der Waals surface area (Å²) in [4.78, 5) is 10.7. The molecule has 0 aliphatic heterocycles. The first-order valence-corrected chi connectivity index (χ1v) is 8.67. The van der Waals surface area contributed by atoms with Crippen molar-refractivity contribution in [3.8, 4) is 0 Å².